The SMILES string of the molecule is COc1ccc(N2C(=O)c3ccc(C(=O)Nc4cc(Cl)ccc4C(=O)[O-])cc3C2=O)cc1. The molecule has 32 heavy (non-hydrogen) atoms. The van der Waals surface area contributed by atoms with Crippen molar-refractivity contribution in [1.29, 1.82) is 0 Å². The van der Waals surface area contributed by atoms with Crippen LogP contribution in [-0.2, 0) is 0 Å². The lowest BCUT2D eigenvalue weighted by Gasteiger charge is -2.14. The molecule has 0 unspecified atom stereocenters. The lowest BCUT2D eigenvalue weighted by molar-refractivity contribution is -0.254. The van der Waals surface area contributed by atoms with Crippen molar-refractivity contribution in [3.05, 3.63) is 87.9 Å². The van der Waals surface area contributed by atoms with Crippen LogP contribution in [0.5, 0.6) is 5.75 Å². The van der Waals surface area contributed by atoms with Crippen molar-refractivity contribution >= 4 is 46.7 Å². The zero-order valence-corrected chi connectivity index (χ0v) is 17.3. The highest BCUT2D eigenvalue weighted by atomic mass is 35.5. The third kappa shape index (κ3) is 3.67. The summed E-state index contributed by atoms with van der Waals surface area (Å²) in [6.45, 7) is 0. The minimum atomic E-state index is -1.48. The second-order valence-electron chi connectivity index (χ2n) is 6.84. The molecule has 0 bridgehead atoms. The van der Waals surface area contributed by atoms with E-state index in [1.54, 1.807) is 24.3 Å². The average Bonchev–Trinajstić information content (AvgIpc) is 3.03. The Kier molecular flexibility index (Phi) is 5.38. The summed E-state index contributed by atoms with van der Waals surface area (Å²) in [5, 5.41) is 14.0. The van der Waals surface area contributed by atoms with Gasteiger partial charge in [0, 0.05) is 16.1 Å². The van der Waals surface area contributed by atoms with Gasteiger partial charge in [-0.15, -0.1) is 0 Å². The molecule has 1 aliphatic rings. The molecule has 3 amide bonds. The van der Waals surface area contributed by atoms with Crippen molar-refractivity contribution < 1.29 is 29.0 Å². The number of anilines is 2. The Labute approximate surface area is 187 Å². The van der Waals surface area contributed by atoms with E-state index in [1.807, 2.05) is 0 Å². The Morgan fingerprint density at radius 2 is 1.62 bits per heavy atom. The molecule has 0 saturated heterocycles. The van der Waals surface area contributed by atoms with Gasteiger partial charge in [-0.05, 0) is 60.7 Å². The van der Waals surface area contributed by atoms with Gasteiger partial charge in [-0.2, -0.15) is 0 Å². The Bertz CT molecular complexity index is 1290. The number of methoxy groups -OCH3 is 1. The quantitative estimate of drug-likeness (QED) is 0.599. The molecular weight excluding hydrogens is 436 g/mol. The number of hydrogen-bond donors (Lipinski definition) is 1. The van der Waals surface area contributed by atoms with Crippen molar-refractivity contribution in [3.63, 3.8) is 0 Å². The zero-order chi connectivity index (χ0) is 23.0. The molecular formula is C23H14ClN2O6-. The van der Waals surface area contributed by atoms with Crippen LogP contribution in [0.3, 0.4) is 0 Å². The lowest BCUT2D eigenvalue weighted by atomic mass is 10.0. The van der Waals surface area contributed by atoms with Crippen molar-refractivity contribution in [3.8, 4) is 5.75 Å². The maximum atomic E-state index is 12.9. The van der Waals surface area contributed by atoms with Crippen molar-refractivity contribution in [1.82, 2.24) is 0 Å². The highest BCUT2D eigenvalue weighted by Gasteiger charge is 2.37. The number of carboxylic acids is 1. The Balaban J connectivity index is 1.63. The van der Waals surface area contributed by atoms with Crippen LogP contribution in [0.2, 0.25) is 5.02 Å². The highest BCUT2D eigenvalue weighted by Crippen LogP contribution is 2.30. The summed E-state index contributed by atoms with van der Waals surface area (Å²) >= 11 is 5.90. The van der Waals surface area contributed by atoms with E-state index >= 15 is 0 Å². The third-order valence-corrected chi connectivity index (χ3v) is 5.16. The van der Waals surface area contributed by atoms with Gasteiger partial charge >= 0.3 is 0 Å². The zero-order valence-electron chi connectivity index (χ0n) is 16.5. The molecule has 1 aliphatic heterocycles. The third-order valence-electron chi connectivity index (χ3n) is 4.93. The van der Waals surface area contributed by atoms with Crippen molar-refractivity contribution in [2.75, 3.05) is 17.3 Å². The number of benzene rings is 3. The van der Waals surface area contributed by atoms with Gasteiger partial charge in [-0.3, -0.25) is 14.4 Å². The summed E-state index contributed by atoms with van der Waals surface area (Å²) in [7, 11) is 1.50. The number of fused-ring (bicyclic) bond motifs is 1. The van der Waals surface area contributed by atoms with Gasteiger partial charge in [0.25, 0.3) is 17.7 Å². The molecule has 4 rings (SSSR count). The molecule has 0 saturated carbocycles. The number of carbonyl (C=O) groups excluding carboxylic acids is 4. The van der Waals surface area contributed by atoms with E-state index in [1.165, 1.54) is 43.5 Å². The van der Waals surface area contributed by atoms with Gasteiger partial charge in [-0.25, -0.2) is 4.90 Å². The van der Waals surface area contributed by atoms with E-state index in [0.29, 0.717) is 11.4 Å². The standard InChI is InChI=1S/C23H15ClN2O6/c1-32-15-6-4-14(5-7-15)26-21(28)16-8-2-12(10-18(16)22(26)29)20(27)25-19-11-13(24)3-9-17(19)23(30)31/h2-11H,1H3,(H,25,27)(H,30,31)/p-1. The summed E-state index contributed by atoms with van der Waals surface area (Å²) in [5.41, 5.74) is 0.336. The number of hydrogen-bond acceptors (Lipinski definition) is 6. The minimum absolute atomic E-state index is 0.0507. The smallest absolute Gasteiger partial charge is 0.266 e. The number of nitrogens with one attached hydrogen (secondary N) is 1. The fourth-order valence-electron chi connectivity index (χ4n) is 3.34. The Hall–Kier alpha value is -4.17. The number of carboxylic acid groups (broad SMARTS) is 1. The molecule has 1 heterocycles. The number of amides is 3. The fourth-order valence-corrected chi connectivity index (χ4v) is 3.51. The summed E-state index contributed by atoms with van der Waals surface area (Å²) < 4.78 is 5.09. The number of imide groups is 1. The van der Waals surface area contributed by atoms with E-state index in [9.17, 15) is 24.3 Å². The van der Waals surface area contributed by atoms with Crippen molar-refractivity contribution in [2.24, 2.45) is 0 Å². The predicted molar refractivity (Wildman–Crippen MR) is 114 cm³/mol. The number of aromatic carboxylic acids is 1. The predicted octanol–water partition coefficient (Wildman–Crippen LogP) is 2.77. The number of rotatable bonds is 5. The number of ether oxygens (including phenoxy) is 1. The molecule has 3 aromatic rings. The van der Waals surface area contributed by atoms with Crippen LogP contribution >= 0.6 is 11.6 Å². The molecule has 3 aromatic carbocycles. The van der Waals surface area contributed by atoms with Gasteiger partial charge in [-0.1, -0.05) is 11.6 Å². The maximum absolute atomic E-state index is 12.9. The maximum Gasteiger partial charge on any atom is 0.266 e. The van der Waals surface area contributed by atoms with Gasteiger partial charge in [0.05, 0.1) is 35.6 Å². The van der Waals surface area contributed by atoms with Gasteiger partial charge in [0.15, 0.2) is 0 Å². The van der Waals surface area contributed by atoms with Gasteiger partial charge in [0.2, 0.25) is 0 Å². The Morgan fingerprint density at radius 1 is 0.938 bits per heavy atom. The summed E-state index contributed by atoms with van der Waals surface area (Å²) in [4.78, 5) is 50.7. The molecule has 0 aliphatic carbocycles. The van der Waals surface area contributed by atoms with Crippen LogP contribution in [-0.4, -0.2) is 30.8 Å². The average molecular weight is 450 g/mol. The van der Waals surface area contributed by atoms with E-state index in [4.69, 9.17) is 16.3 Å². The summed E-state index contributed by atoms with van der Waals surface area (Å²) in [6.07, 6.45) is 0. The lowest BCUT2D eigenvalue weighted by Crippen LogP contribution is -2.29. The summed E-state index contributed by atoms with van der Waals surface area (Å²) in [6, 6.07) is 14.3. The van der Waals surface area contributed by atoms with Gasteiger partial charge in [0.1, 0.15) is 5.75 Å². The second-order valence-corrected chi connectivity index (χ2v) is 7.27. The van der Waals surface area contributed by atoms with E-state index in [-0.39, 0.29) is 33.0 Å². The summed E-state index contributed by atoms with van der Waals surface area (Å²) in [5.74, 6) is -2.69. The second kappa shape index (κ2) is 8.16. The highest BCUT2D eigenvalue weighted by molar-refractivity contribution is 6.35. The first-order chi connectivity index (χ1) is 15.3. The molecule has 0 aromatic heterocycles. The van der Waals surface area contributed by atoms with Crippen molar-refractivity contribution in [2.45, 2.75) is 0 Å². The molecule has 1 N–H and O–H groups in total. The first-order valence-corrected chi connectivity index (χ1v) is 9.67. The molecule has 8 nitrogen and oxygen atoms in total. The number of halogens is 1. The van der Waals surface area contributed by atoms with Crippen LogP contribution in [0.4, 0.5) is 11.4 Å². The van der Waals surface area contributed by atoms with Crippen LogP contribution in [0.1, 0.15) is 41.4 Å². The minimum Gasteiger partial charge on any atom is -0.545 e. The number of nitrogens with zero attached hydrogens (tertiary/aromatic N) is 1. The molecule has 0 atom stereocenters. The molecule has 0 spiro atoms. The topological polar surface area (TPSA) is 116 Å². The van der Waals surface area contributed by atoms with Crippen LogP contribution < -0.4 is 20.1 Å². The largest absolute Gasteiger partial charge is 0.545 e. The monoisotopic (exact) mass is 449 g/mol. The van der Waals surface area contributed by atoms with E-state index in [0.717, 1.165) is 4.90 Å². The van der Waals surface area contributed by atoms with E-state index < -0.39 is 23.7 Å². The normalized spacial score (nSPS) is 12.5. The first kappa shape index (κ1) is 21.1. The molecule has 0 radical (unpaired) electrons. The van der Waals surface area contributed by atoms with Gasteiger partial charge < -0.3 is 20.0 Å². The van der Waals surface area contributed by atoms with Crippen LogP contribution in [0.25, 0.3) is 0 Å². The Morgan fingerprint density at radius 3 is 2.28 bits per heavy atom. The fraction of sp³-hybridized carbons (Fsp3) is 0.0435. The van der Waals surface area contributed by atoms with Crippen LogP contribution in [0.15, 0.2) is 60.7 Å². The molecule has 0 fully saturated rings. The molecule has 9 heteroatoms. The van der Waals surface area contributed by atoms with Crippen LogP contribution in [0, 0.1) is 0 Å². The first-order valence-electron chi connectivity index (χ1n) is 9.29. The number of carbonyl (C=O) groups is 4. The molecule has 160 valence electrons. The van der Waals surface area contributed by atoms with E-state index in [2.05, 4.69) is 5.32 Å².